The average molecular weight is 210 g/mol. The molecule has 1 aromatic rings. The van der Waals surface area contributed by atoms with Gasteiger partial charge in [0.1, 0.15) is 12.4 Å². The summed E-state index contributed by atoms with van der Waals surface area (Å²) in [6.45, 7) is 2.82. The third-order valence-electron chi connectivity index (χ3n) is 2.08. The van der Waals surface area contributed by atoms with Gasteiger partial charge in [0.25, 0.3) is 0 Å². The van der Waals surface area contributed by atoms with Crippen molar-refractivity contribution in [3.8, 4) is 5.75 Å². The highest BCUT2D eigenvalue weighted by molar-refractivity contribution is 6.59. The Morgan fingerprint density at radius 3 is 2.53 bits per heavy atom. The maximum Gasteiger partial charge on any atom is 0.488 e. The highest BCUT2D eigenvalue weighted by atomic mass is 16.5. The van der Waals surface area contributed by atoms with Gasteiger partial charge in [0, 0.05) is 7.11 Å². The standard InChI is InChI=1S/C10H15BO4/c1-8-7-9(15-6-5-14-2)3-4-10(8)11(12)13/h3-4,7,12-13H,5-6H2,1-2H3. The lowest BCUT2D eigenvalue weighted by atomic mass is 9.77. The van der Waals surface area contributed by atoms with Crippen LogP contribution in [0.15, 0.2) is 18.2 Å². The van der Waals surface area contributed by atoms with Gasteiger partial charge in [-0.2, -0.15) is 0 Å². The normalized spacial score (nSPS) is 10.1. The molecule has 1 rings (SSSR count). The molecule has 0 spiro atoms. The van der Waals surface area contributed by atoms with Crippen molar-refractivity contribution in [3.05, 3.63) is 23.8 Å². The molecule has 0 unspecified atom stereocenters. The van der Waals surface area contributed by atoms with Crippen LogP contribution < -0.4 is 10.2 Å². The van der Waals surface area contributed by atoms with Crippen molar-refractivity contribution in [3.63, 3.8) is 0 Å². The summed E-state index contributed by atoms with van der Waals surface area (Å²) in [4.78, 5) is 0. The fourth-order valence-corrected chi connectivity index (χ4v) is 1.27. The molecule has 0 radical (unpaired) electrons. The van der Waals surface area contributed by atoms with Crippen LogP contribution in [-0.4, -0.2) is 37.5 Å². The number of methoxy groups -OCH3 is 1. The van der Waals surface area contributed by atoms with E-state index in [1.807, 2.05) is 0 Å². The predicted molar refractivity (Wildman–Crippen MR) is 58.4 cm³/mol. The zero-order valence-corrected chi connectivity index (χ0v) is 8.93. The first kappa shape index (κ1) is 12.0. The lowest BCUT2D eigenvalue weighted by molar-refractivity contribution is 0.146. The smallest absolute Gasteiger partial charge is 0.488 e. The fraction of sp³-hybridized carbons (Fsp3) is 0.400. The first-order valence-electron chi connectivity index (χ1n) is 4.73. The van der Waals surface area contributed by atoms with Gasteiger partial charge in [0.05, 0.1) is 6.61 Å². The minimum atomic E-state index is -1.43. The minimum Gasteiger partial charge on any atom is -0.491 e. The number of benzene rings is 1. The van der Waals surface area contributed by atoms with Crippen LogP contribution in [0, 0.1) is 6.92 Å². The molecule has 0 aromatic heterocycles. The zero-order valence-electron chi connectivity index (χ0n) is 8.93. The summed E-state index contributed by atoms with van der Waals surface area (Å²) in [6, 6.07) is 5.12. The summed E-state index contributed by atoms with van der Waals surface area (Å²) in [5, 5.41) is 18.0. The summed E-state index contributed by atoms with van der Waals surface area (Å²) in [5.41, 5.74) is 1.29. The van der Waals surface area contributed by atoms with Gasteiger partial charge in [-0.05, 0) is 30.1 Å². The van der Waals surface area contributed by atoms with E-state index in [9.17, 15) is 0 Å². The lowest BCUT2D eigenvalue weighted by Gasteiger charge is -2.09. The van der Waals surface area contributed by atoms with Gasteiger partial charge >= 0.3 is 7.12 Å². The predicted octanol–water partition coefficient (Wildman–Crippen LogP) is -0.300. The Morgan fingerprint density at radius 1 is 1.27 bits per heavy atom. The molecule has 0 aliphatic carbocycles. The van der Waals surface area contributed by atoms with E-state index in [1.165, 1.54) is 0 Å². The Labute approximate surface area is 89.6 Å². The fourth-order valence-electron chi connectivity index (χ4n) is 1.27. The van der Waals surface area contributed by atoms with Gasteiger partial charge in [-0.15, -0.1) is 0 Å². The molecule has 0 fully saturated rings. The Kier molecular flexibility index (Phi) is 4.61. The van der Waals surface area contributed by atoms with Gasteiger partial charge < -0.3 is 19.5 Å². The number of rotatable bonds is 5. The van der Waals surface area contributed by atoms with E-state index < -0.39 is 7.12 Å². The van der Waals surface area contributed by atoms with Crippen LogP contribution in [0.1, 0.15) is 5.56 Å². The van der Waals surface area contributed by atoms with Crippen LogP contribution in [0.5, 0.6) is 5.75 Å². The van der Waals surface area contributed by atoms with Gasteiger partial charge in [0.15, 0.2) is 0 Å². The molecule has 15 heavy (non-hydrogen) atoms. The Bertz CT molecular complexity index is 314. The van der Waals surface area contributed by atoms with E-state index in [1.54, 1.807) is 32.2 Å². The van der Waals surface area contributed by atoms with E-state index in [2.05, 4.69) is 0 Å². The molecule has 0 aliphatic heterocycles. The highest BCUT2D eigenvalue weighted by Crippen LogP contribution is 2.11. The topological polar surface area (TPSA) is 58.9 Å². The van der Waals surface area contributed by atoms with E-state index in [0.29, 0.717) is 24.4 Å². The van der Waals surface area contributed by atoms with Crippen LogP contribution >= 0.6 is 0 Å². The molecule has 0 aliphatic rings. The zero-order chi connectivity index (χ0) is 11.3. The Morgan fingerprint density at radius 2 is 2.00 bits per heavy atom. The summed E-state index contributed by atoms with van der Waals surface area (Å²) < 4.78 is 10.2. The van der Waals surface area contributed by atoms with Crippen molar-refractivity contribution >= 4 is 12.6 Å². The quantitative estimate of drug-likeness (QED) is 0.517. The van der Waals surface area contributed by atoms with E-state index in [4.69, 9.17) is 19.5 Å². The second kappa shape index (κ2) is 5.75. The third-order valence-corrected chi connectivity index (χ3v) is 2.08. The minimum absolute atomic E-state index is 0.483. The van der Waals surface area contributed by atoms with Crippen molar-refractivity contribution in [2.75, 3.05) is 20.3 Å². The van der Waals surface area contributed by atoms with Crippen molar-refractivity contribution in [1.82, 2.24) is 0 Å². The summed E-state index contributed by atoms with van der Waals surface area (Å²) in [7, 11) is 0.179. The van der Waals surface area contributed by atoms with Crippen LogP contribution in [0.2, 0.25) is 0 Å². The molecular formula is C10H15BO4. The molecule has 4 nitrogen and oxygen atoms in total. The number of hydrogen-bond acceptors (Lipinski definition) is 4. The SMILES string of the molecule is COCCOc1ccc(B(O)O)c(C)c1. The van der Waals surface area contributed by atoms with Crippen molar-refractivity contribution in [2.24, 2.45) is 0 Å². The lowest BCUT2D eigenvalue weighted by Crippen LogP contribution is -2.31. The van der Waals surface area contributed by atoms with Gasteiger partial charge in [-0.25, -0.2) is 0 Å². The molecular weight excluding hydrogens is 195 g/mol. The van der Waals surface area contributed by atoms with Gasteiger partial charge in [0.2, 0.25) is 0 Å². The maximum absolute atomic E-state index is 9.00. The average Bonchev–Trinajstić information content (AvgIpc) is 2.17. The second-order valence-electron chi connectivity index (χ2n) is 3.23. The largest absolute Gasteiger partial charge is 0.491 e. The van der Waals surface area contributed by atoms with Gasteiger partial charge in [-0.1, -0.05) is 6.07 Å². The molecule has 1 aromatic carbocycles. The summed E-state index contributed by atoms with van der Waals surface area (Å²) in [6.07, 6.45) is 0. The number of hydrogen-bond donors (Lipinski definition) is 2. The van der Waals surface area contributed by atoms with Crippen molar-refractivity contribution < 1.29 is 19.5 Å². The van der Waals surface area contributed by atoms with Crippen LogP contribution in [0.25, 0.3) is 0 Å². The Hall–Kier alpha value is -1.04. The molecule has 0 bridgehead atoms. The summed E-state index contributed by atoms with van der Waals surface area (Å²) in [5.74, 6) is 0.703. The molecule has 0 amide bonds. The van der Waals surface area contributed by atoms with Crippen LogP contribution in [-0.2, 0) is 4.74 Å². The van der Waals surface area contributed by atoms with E-state index >= 15 is 0 Å². The first-order chi connectivity index (χ1) is 7.15. The number of aryl methyl sites for hydroxylation is 1. The van der Waals surface area contributed by atoms with Crippen molar-refractivity contribution in [2.45, 2.75) is 6.92 Å². The maximum atomic E-state index is 9.00. The monoisotopic (exact) mass is 210 g/mol. The van der Waals surface area contributed by atoms with Crippen LogP contribution in [0.3, 0.4) is 0 Å². The third kappa shape index (κ3) is 3.55. The molecule has 0 atom stereocenters. The number of ether oxygens (including phenoxy) is 2. The molecule has 0 saturated carbocycles. The van der Waals surface area contributed by atoms with Crippen molar-refractivity contribution in [1.29, 1.82) is 0 Å². The van der Waals surface area contributed by atoms with E-state index in [-0.39, 0.29) is 0 Å². The van der Waals surface area contributed by atoms with Gasteiger partial charge in [-0.3, -0.25) is 0 Å². The second-order valence-corrected chi connectivity index (χ2v) is 3.23. The highest BCUT2D eigenvalue weighted by Gasteiger charge is 2.13. The molecule has 82 valence electrons. The van der Waals surface area contributed by atoms with E-state index in [0.717, 1.165) is 5.56 Å². The first-order valence-corrected chi connectivity index (χ1v) is 4.73. The molecule has 0 heterocycles. The summed E-state index contributed by atoms with van der Waals surface area (Å²) >= 11 is 0. The van der Waals surface area contributed by atoms with Crippen LogP contribution in [0.4, 0.5) is 0 Å². The molecule has 0 saturated heterocycles. The molecule has 5 heteroatoms. The Balaban J connectivity index is 2.65. The molecule has 2 N–H and O–H groups in total.